The van der Waals surface area contributed by atoms with E-state index in [2.05, 4.69) is 11.0 Å². The SMILES string of the molecule is COc1cccc(CN(C)c2ccc(CCl)cc2Cl)c1. The van der Waals surface area contributed by atoms with Gasteiger partial charge in [-0.3, -0.25) is 0 Å². The van der Waals surface area contributed by atoms with Crippen LogP contribution in [0.25, 0.3) is 0 Å². The fourth-order valence-corrected chi connectivity index (χ4v) is 2.59. The molecule has 2 aromatic rings. The van der Waals surface area contributed by atoms with Gasteiger partial charge < -0.3 is 9.64 Å². The lowest BCUT2D eigenvalue weighted by Gasteiger charge is -2.21. The highest BCUT2D eigenvalue weighted by atomic mass is 35.5. The maximum absolute atomic E-state index is 6.30. The van der Waals surface area contributed by atoms with E-state index in [1.165, 1.54) is 5.56 Å². The van der Waals surface area contributed by atoms with Crippen molar-refractivity contribution >= 4 is 28.9 Å². The third-order valence-electron chi connectivity index (χ3n) is 3.13. The molecule has 2 nitrogen and oxygen atoms in total. The van der Waals surface area contributed by atoms with Crippen LogP contribution in [0.3, 0.4) is 0 Å². The summed E-state index contributed by atoms with van der Waals surface area (Å²) in [7, 11) is 3.69. The number of benzene rings is 2. The second kappa shape index (κ2) is 6.87. The van der Waals surface area contributed by atoms with Gasteiger partial charge in [-0.05, 0) is 35.4 Å². The van der Waals surface area contributed by atoms with Gasteiger partial charge in [0.2, 0.25) is 0 Å². The maximum atomic E-state index is 6.30. The topological polar surface area (TPSA) is 12.5 Å². The summed E-state index contributed by atoms with van der Waals surface area (Å²) in [5.41, 5.74) is 3.18. The van der Waals surface area contributed by atoms with Crippen molar-refractivity contribution in [1.29, 1.82) is 0 Å². The van der Waals surface area contributed by atoms with Crippen LogP contribution >= 0.6 is 23.2 Å². The molecule has 0 bridgehead atoms. The van der Waals surface area contributed by atoms with Gasteiger partial charge in [0.1, 0.15) is 5.75 Å². The predicted molar refractivity (Wildman–Crippen MR) is 86.1 cm³/mol. The Morgan fingerprint density at radius 2 is 1.90 bits per heavy atom. The molecular weight excluding hydrogens is 293 g/mol. The fourth-order valence-electron chi connectivity index (χ4n) is 2.07. The highest BCUT2D eigenvalue weighted by molar-refractivity contribution is 6.33. The monoisotopic (exact) mass is 309 g/mol. The zero-order valence-corrected chi connectivity index (χ0v) is 13.1. The number of ether oxygens (including phenoxy) is 1. The average molecular weight is 310 g/mol. The van der Waals surface area contributed by atoms with E-state index in [-0.39, 0.29) is 0 Å². The number of methoxy groups -OCH3 is 1. The molecule has 0 fully saturated rings. The van der Waals surface area contributed by atoms with E-state index >= 15 is 0 Å². The first-order valence-electron chi connectivity index (χ1n) is 6.32. The van der Waals surface area contributed by atoms with E-state index in [1.54, 1.807) is 7.11 Å². The summed E-state index contributed by atoms with van der Waals surface area (Å²) >= 11 is 12.1. The van der Waals surface area contributed by atoms with Crippen LogP contribution in [0.5, 0.6) is 5.75 Å². The average Bonchev–Trinajstić information content (AvgIpc) is 2.47. The molecule has 0 spiro atoms. The normalized spacial score (nSPS) is 10.4. The highest BCUT2D eigenvalue weighted by Crippen LogP contribution is 2.28. The summed E-state index contributed by atoms with van der Waals surface area (Å²) in [6.45, 7) is 0.761. The van der Waals surface area contributed by atoms with E-state index in [0.29, 0.717) is 10.9 Å². The van der Waals surface area contributed by atoms with Gasteiger partial charge in [-0.15, -0.1) is 11.6 Å². The van der Waals surface area contributed by atoms with Crippen molar-refractivity contribution in [1.82, 2.24) is 0 Å². The summed E-state index contributed by atoms with van der Waals surface area (Å²) in [6.07, 6.45) is 0. The third-order valence-corrected chi connectivity index (χ3v) is 3.74. The second-order valence-corrected chi connectivity index (χ2v) is 5.30. The number of nitrogens with zero attached hydrogens (tertiary/aromatic N) is 1. The number of rotatable bonds is 5. The minimum atomic E-state index is 0.472. The first-order valence-corrected chi connectivity index (χ1v) is 7.23. The molecule has 20 heavy (non-hydrogen) atoms. The lowest BCUT2D eigenvalue weighted by atomic mass is 10.1. The first-order chi connectivity index (χ1) is 9.63. The molecule has 4 heteroatoms. The maximum Gasteiger partial charge on any atom is 0.119 e. The molecule has 2 aromatic carbocycles. The van der Waals surface area contributed by atoms with Crippen molar-refractivity contribution < 1.29 is 4.74 Å². The Labute approximate surface area is 129 Å². The fraction of sp³-hybridized carbons (Fsp3) is 0.250. The molecule has 2 rings (SSSR count). The van der Waals surface area contributed by atoms with Gasteiger partial charge in [-0.2, -0.15) is 0 Å². The van der Waals surface area contributed by atoms with Gasteiger partial charge in [0, 0.05) is 19.5 Å². The largest absolute Gasteiger partial charge is 0.497 e. The first kappa shape index (κ1) is 15.0. The van der Waals surface area contributed by atoms with E-state index < -0.39 is 0 Å². The molecule has 0 unspecified atom stereocenters. The van der Waals surface area contributed by atoms with Crippen LogP contribution in [0.15, 0.2) is 42.5 Å². The van der Waals surface area contributed by atoms with Gasteiger partial charge >= 0.3 is 0 Å². The Morgan fingerprint density at radius 1 is 1.10 bits per heavy atom. The number of hydrogen-bond acceptors (Lipinski definition) is 2. The van der Waals surface area contributed by atoms with E-state index in [4.69, 9.17) is 27.9 Å². The van der Waals surface area contributed by atoms with E-state index in [0.717, 1.165) is 23.5 Å². The Bertz CT molecular complexity index is 586. The minimum absolute atomic E-state index is 0.472. The summed E-state index contributed by atoms with van der Waals surface area (Å²) in [4.78, 5) is 2.11. The lowest BCUT2D eigenvalue weighted by molar-refractivity contribution is 0.414. The van der Waals surface area contributed by atoms with Crippen molar-refractivity contribution in [3.8, 4) is 5.75 Å². The second-order valence-electron chi connectivity index (χ2n) is 4.63. The van der Waals surface area contributed by atoms with Crippen LogP contribution < -0.4 is 9.64 Å². The molecule has 0 heterocycles. The zero-order chi connectivity index (χ0) is 14.5. The molecule has 0 aliphatic heterocycles. The molecule has 106 valence electrons. The number of anilines is 1. The van der Waals surface area contributed by atoms with E-state index in [9.17, 15) is 0 Å². The molecule has 0 aliphatic carbocycles. The summed E-state index contributed by atoms with van der Waals surface area (Å²) in [5, 5.41) is 0.716. The predicted octanol–water partition coefficient (Wildman–Crippen LogP) is 4.72. The molecular formula is C16H17Cl2NO. The molecule has 0 aliphatic rings. The molecule has 0 radical (unpaired) electrons. The van der Waals surface area contributed by atoms with Gasteiger partial charge in [0.15, 0.2) is 0 Å². The molecule has 0 saturated heterocycles. The molecule has 0 atom stereocenters. The number of halogens is 2. The van der Waals surface area contributed by atoms with Crippen LogP contribution in [0.4, 0.5) is 5.69 Å². The highest BCUT2D eigenvalue weighted by Gasteiger charge is 2.08. The van der Waals surface area contributed by atoms with Crippen molar-refractivity contribution in [3.63, 3.8) is 0 Å². The van der Waals surface area contributed by atoms with Crippen LogP contribution in [-0.4, -0.2) is 14.2 Å². The molecule has 0 N–H and O–H groups in total. The standard InChI is InChI=1S/C16H17Cl2NO/c1-19(11-13-4-3-5-14(8-13)20-2)16-7-6-12(10-17)9-15(16)18/h3-9H,10-11H2,1-2H3. The van der Waals surface area contributed by atoms with Gasteiger partial charge in [0.25, 0.3) is 0 Å². The summed E-state index contributed by atoms with van der Waals surface area (Å²) < 4.78 is 5.24. The van der Waals surface area contributed by atoms with Crippen LogP contribution in [0.2, 0.25) is 5.02 Å². The molecule has 0 amide bonds. The zero-order valence-electron chi connectivity index (χ0n) is 11.6. The van der Waals surface area contributed by atoms with Crippen molar-refractivity contribution in [2.24, 2.45) is 0 Å². The Kier molecular flexibility index (Phi) is 5.16. The molecule has 0 aromatic heterocycles. The number of hydrogen-bond donors (Lipinski definition) is 0. The third kappa shape index (κ3) is 3.59. The van der Waals surface area contributed by atoms with Crippen molar-refractivity contribution in [3.05, 3.63) is 58.6 Å². The van der Waals surface area contributed by atoms with Crippen molar-refractivity contribution in [2.75, 3.05) is 19.1 Å². The molecule has 0 saturated carbocycles. The van der Waals surface area contributed by atoms with Crippen LogP contribution in [0.1, 0.15) is 11.1 Å². The van der Waals surface area contributed by atoms with Crippen LogP contribution in [-0.2, 0) is 12.4 Å². The smallest absolute Gasteiger partial charge is 0.119 e. The lowest BCUT2D eigenvalue weighted by Crippen LogP contribution is -2.16. The minimum Gasteiger partial charge on any atom is -0.497 e. The Balaban J connectivity index is 2.16. The van der Waals surface area contributed by atoms with Gasteiger partial charge in [-0.1, -0.05) is 29.8 Å². The van der Waals surface area contributed by atoms with Crippen LogP contribution in [0, 0.1) is 0 Å². The Hall–Kier alpha value is -1.38. The van der Waals surface area contributed by atoms with Gasteiger partial charge in [-0.25, -0.2) is 0 Å². The Morgan fingerprint density at radius 3 is 2.55 bits per heavy atom. The van der Waals surface area contributed by atoms with E-state index in [1.807, 2.05) is 43.4 Å². The van der Waals surface area contributed by atoms with Crippen molar-refractivity contribution in [2.45, 2.75) is 12.4 Å². The van der Waals surface area contributed by atoms with Gasteiger partial charge in [0.05, 0.1) is 17.8 Å². The summed E-state index contributed by atoms with van der Waals surface area (Å²) in [6, 6.07) is 13.9. The summed E-state index contributed by atoms with van der Waals surface area (Å²) in [5.74, 6) is 1.33. The quantitative estimate of drug-likeness (QED) is 0.741. The number of alkyl halides is 1.